The molecule has 0 spiro atoms. The number of H-pyrrole nitrogens is 1. The van der Waals surface area contributed by atoms with Gasteiger partial charge in [-0.25, -0.2) is 8.78 Å². The summed E-state index contributed by atoms with van der Waals surface area (Å²) in [7, 11) is 0. The topological polar surface area (TPSA) is 99.5 Å². The second-order valence-electron chi connectivity index (χ2n) is 3.75. The number of tetrazole rings is 1. The molecule has 0 atom stereocenters. The molecule has 0 fully saturated rings. The van der Waals surface area contributed by atoms with Crippen molar-refractivity contribution in [2.45, 2.75) is 6.92 Å². The zero-order valence-electron chi connectivity index (χ0n) is 10.9. The summed E-state index contributed by atoms with van der Waals surface area (Å²) in [6.45, 7) is 1.87. The normalized spacial score (nSPS) is 11.0. The first-order valence-electron chi connectivity index (χ1n) is 5.88. The van der Waals surface area contributed by atoms with Gasteiger partial charge < -0.3 is 10.1 Å². The standard InChI is InChI=1S/C12H10F2N6O/c1-2-21-11-9(14)3-8(13)4-10(11)16-6-7(5-15)12-17-19-20-18-12/h3-4,6,16H,2H2,1H3,(H,17,18,19,20). The molecule has 1 aromatic carbocycles. The highest BCUT2D eigenvalue weighted by atomic mass is 19.1. The summed E-state index contributed by atoms with van der Waals surface area (Å²) < 4.78 is 32.0. The number of nitrogens with zero attached hydrogens (tertiary/aromatic N) is 4. The summed E-state index contributed by atoms with van der Waals surface area (Å²) in [6.07, 6.45) is 1.21. The molecule has 1 aromatic heterocycles. The van der Waals surface area contributed by atoms with Crippen molar-refractivity contribution in [3.63, 3.8) is 0 Å². The maximum atomic E-state index is 13.6. The van der Waals surface area contributed by atoms with E-state index in [0.29, 0.717) is 6.07 Å². The Hall–Kier alpha value is -3.02. The van der Waals surface area contributed by atoms with Crippen LogP contribution in [-0.2, 0) is 0 Å². The van der Waals surface area contributed by atoms with Gasteiger partial charge in [0.2, 0.25) is 5.82 Å². The second-order valence-corrected chi connectivity index (χ2v) is 3.75. The average Bonchev–Trinajstić information content (AvgIpc) is 2.97. The molecule has 7 nitrogen and oxygen atoms in total. The lowest BCUT2D eigenvalue weighted by Crippen LogP contribution is -2.01. The predicted molar refractivity (Wildman–Crippen MR) is 68.9 cm³/mol. The molecule has 1 heterocycles. The summed E-state index contributed by atoms with van der Waals surface area (Å²) >= 11 is 0. The van der Waals surface area contributed by atoms with Crippen LogP contribution in [0.25, 0.3) is 5.57 Å². The highest BCUT2D eigenvalue weighted by molar-refractivity contribution is 5.74. The molecule has 0 amide bonds. The molecule has 2 rings (SSSR count). The van der Waals surface area contributed by atoms with Gasteiger partial charge in [-0.15, -0.1) is 10.2 Å². The SMILES string of the molecule is CCOc1c(F)cc(F)cc1NC=C(C#N)c1nn[nH]n1. The maximum Gasteiger partial charge on any atom is 0.216 e. The number of benzene rings is 1. The van der Waals surface area contributed by atoms with Crippen LogP contribution < -0.4 is 10.1 Å². The second kappa shape index (κ2) is 6.42. The Kier molecular flexibility index (Phi) is 4.40. The Morgan fingerprint density at radius 2 is 2.33 bits per heavy atom. The minimum Gasteiger partial charge on any atom is -0.489 e. The molecule has 0 aliphatic heterocycles. The number of hydrogen-bond acceptors (Lipinski definition) is 6. The number of anilines is 1. The summed E-state index contributed by atoms with van der Waals surface area (Å²) in [5, 5.41) is 24.4. The van der Waals surface area contributed by atoms with Gasteiger partial charge in [-0.2, -0.15) is 10.5 Å². The molecule has 0 saturated carbocycles. The minimum atomic E-state index is -0.842. The highest BCUT2D eigenvalue weighted by Gasteiger charge is 2.13. The molecule has 2 aromatic rings. The fourth-order valence-corrected chi connectivity index (χ4v) is 1.53. The fraction of sp³-hybridized carbons (Fsp3) is 0.167. The van der Waals surface area contributed by atoms with Crippen LogP contribution in [0.1, 0.15) is 12.7 Å². The van der Waals surface area contributed by atoms with Crippen molar-refractivity contribution in [3.8, 4) is 11.8 Å². The lowest BCUT2D eigenvalue weighted by molar-refractivity contribution is 0.322. The van der Waals surface area contributed by atoms with E-state index >= 15 is 0 Å². The van der Waals surface area contributed by atoms with Gasteiger partial charge in [0.1, 0.15) is 17.5 Å². The highest BCUT2D eigenvalue weighted by Crippen LogP contribution is 2.29. The summed E-state index contributed by atoms with van der Waals surface area (Å²) in [5.41, 5.74) is 0.0847. The van der Waals surface area contributed by atoms with E-state index in [0.717, 1.165) is 6.07 Å². The third-order valence-corrected chi connectivity index (χ3v) is 2.38. The van der Waals surface area contributed by atoms with Crippen LogP contribution >= 0.6 is 0 Å². The monoisotopic (exact) mass is 292 g/mol. The largest absolute Gasteiger partial charge is 0.489 e. The van der Waals surface area contributed by atoms with Crippen molar-refractivity contribution in [1.82, 2.24) is 20.6 Å². The average molecular weight is 292 g/mol. The van der Waals surface area contributed by atoms with Gasteiger partial charge in [-0.05, 0) is 12.1 Å². The van der Waals surface area contributed by atoms with E-state index in [9.17, 15) is 8.78 Å². The molecule has 0 bridgehead atoms. The van der Waals surface area contributed by atoms with Crippen molar-refractivity contribution in [1.29, 1.82) is 5.26 Å². The smallest absolute Gasteiger partial charge is 0.216 e. The molecular weight excluding hydrogens is 282 g/mol. The molecule has 0 aliphatic carbocycles. The molecule has 21 heavy (non-hydrogen) atoms. The first kappa shape index (κ1) is 14.4. The number of allylic oxidation sites excluding steroid dienone is 1. The van der Waals surface area contributed by atoms with Crippen LogP contribution in [0.2, 0.25) is 0 Å². The first-order chi connectivity index (χ1) is 10.2. The molecule has 2 N–H and O–H groups in total. The number of aromatic nitrogens is 4. The van der Waals surface area contributed by atoms with E-state index in [1.807, 2.05) is 6.07 Å². The van der Waals surface area contributed by atoms with Crippen LogP contribution in [0, 0.1) is 23.0 Å². The van der Waals surface area contributed by atoms with E-state index in [1.165, 1.54) is 6.20 Å². The van der Waals surface area contributed by atoms with Crippen molar-refractivity contribution >= 4 is 11.3 Å². The van der Waals surface area contributed by atoms with Crippen LogP contribution in [0.4, 0.5) is 14.5 Å². The first-order valence-corrected chi connectivity index (χ1v) is 5.88. The van der Waals surface area contributed by atoms with E-state index in [2.05, 4.69) is 25.9 Å². The Labute approximate surface area is 118 Å². The lowest BCUT2D eigenvalue weighted by Gasteiger charge is -2.11. The number of nitriles is 1. The maximum absolute atomic E-state index is 13.6. The van der Waals surface area contributed by atoms with Crippen molar-refractivity contribution in [2.24, 2.45) is 0 Å². The van der Waals surface area contributed by atoms with E-state index < -0.39 is 11.6 Å². The van der Waals surface area contributed by atoms with Crippen LogP contribution in [-0.4, -0.2) is 27.2 Å². The van der Waals surface area contributed by atoms with Crippen LogP contribution in [0.15, 0.2) is 18.3 Å². The summed E-state index contributed by atoms with van der Waals surface area (Å²) in [6, 6.07) is 3.60. The van der Waals surface area contributed by atoms with Gasteiger partial charge in [0, 0.05) is 18.3 Å². The molecule has 0 aliphatic rings. The van der Waals surface area contributed by atoms with Gasteiger partial charge >= 0.3 is 0 Å². The van der Waals surface area contributed by atoms with Crippen LogP contribution in [0.5, 0.6) is 5.75 Å². The molecule has 108 valence electrons. The number of hydrogen-bond donors (Lipinski definition) is 2. The van der Waals surface area contributed by atoms with Crippen molar-refractivity contribution < 1.29 is 13.5 Å². The molecule has 0 unspecified atom stereocenters. The van der Waals surface area contributed by atoms with Gasteiger partial charge in [0.15, 0.2) is 11.6 Å². The Balaban J connectivity index is 2.33. The zero-order chi connectivity index (χ0) is 15.2. The zero-order valence-corrected chi connectivity index (χ0v) is 10.9. The number of ether oxygens (including phenoxy) is 1. The van der Waals surface area contributed by atoms with Gasteiger partial charge in [-0.1, -0.05) is 0 Å². The number of nitrogens with one attached hydrogen (secondary N) is 2. The van der Waals surface area contributed by atoms with E-state index in [1.54, 1.807) is 6.92 Å². The van der Waals surface area contributed by atoms with E-state index in [-0.39, 0.29) is 29.4 Å². The fourth-order valence-electron chi connectivity index (χ4n) is 1.53. The third kappa shape index (κ3) is 3.30. The number of aromatic amines is 1. The summed E-state index contributed by atoms with van der Waals surface area (Å²) in [4.78, 5) is 0. The Morgan fingerprint density at radius 1 is 1.52 bits per heavy atom. The van der Waals surface area contributed by atoms with Crippen molar-refractivity contribution in [3.05, 3.63) is 35.8 Å². The van der Waals surface area contributed by atoms with Gasteiger partial charge in [-0.3, -0.25) is 0 Å². The minimum absolute atomic E-state index is 0.0378. The van der Waals surface area contributed by atoms with Crippen molar-refractivity contribution in [2.75, 3.05) is 11.9 Å². The lowest BCUT2D eigenvalue weighted by atomic mass is 10.2. The number of rotatable bonds is 5. The quantitative estimate of drug-likeness (QED) is 0.816. The number of halogens is 2. The van der Waals surface area contributed by atoms with Crippen LogP contribution in [0.3, 0.4) is 0 Å². The van der Waals surface area contributed by atoms with Gasteiger partial charge in [0.25, 0.3) is 0 Å². The molecular formula is C12H10F2N6O. The Bertz CT molecular complexity index is 693. The van der Waals surface area contributed by atoms with E-state index in [4.69, 9.17) is 10.00 Å². The summed E-state index contributed by atoms with van der Waals surface area (Å²) in [5.74, 6) is -1.70. The molecule has 0 saturated heterocycles. The predicted octanol–water partition coefficient (Wildman–Crippen LogP) is 1.85. The molecule has 0 radical (unpaired) electrons. The van der Waals surface area contributed by atoms with Gasteiger partial charge in [0.05, 0.1) is 12.3 Å². The molecule has 9 heteroatoms. The third-order valence-electron chi connectivity index (χ3n) is 2.38. The Morgan fingerprint density at radius 3 is 2.95 bits per heavy atom.